The second kappa shape index (κ2) is 7.46. The molecule has 0 saturated heterocycles. The van der Waals surface area contributed by atoms with Gasteiger partial charge in [-0.2, -0.15) is 0 Å². The lowest BCUT2D eigenvalue weighted by Gasteiger charge is -2.34. The Bertz CT molecular complexity index is 792. The zero-order valence-electron chi connectivity index (χ0n) is 19.4. The molecule has 0 aliphatic rings. The van der Waals surface area contributed by atoms with E-state index in [0.717, 1.165) is 11.1 Å². The Labute approximate surface area is 171 Å². The topological polar surface area (TPSA) is 40.5 Å². The Morgan fingerprint density at radius 2 is 0.964 bits per heavy atom. The lowest BCUT2D eigenvalue weighted by molar-refractivity contribution is 0.458. The summed E-state index contributed by atoms with van der Waals surface area (Å²) in [5.41, 5.74) is 6.55. The van der Waals surface area contributed by atoms with Gasteiger partial charge in [0.15, 0.2) is 0 Å². The fourth-order valence-corrected chi connectivity index (χ4v) is 4.14. The first-order valence-corrected chi connectivity index (χ1v) is 10.3. The third-order valence-corrected chi connectivity index (χ3v) is 5.69. The van der Waals surface area contributed by atoms with Crippen molar-refractivity contribution in [2.24, 2.45) is 5.92 Å². The molecule has 0 aliphatic heterocycles. The molecule has 0 spiro atoms. The van der Waals surface area contributed by atoms with E-state index in [1.807, 2.05) is 26.0 Å². The summed E-state index contributed by atoms with van der Waals surface area (Å²) in [4.78, 5) is 0. The van der Waals surface area contributed by atoms with Crippen LogP contribution in [0.1, 0.15) is 94.7 Å². The number of hydrogen-bond acceptors (Lipinski definition) is 2. The van der Waals surface area contributed by atoms with Crippen molar-refractivity contribution in [3.05, 3.63) is 57.6 Å². The first-order valence-electron chi connectivity index (χ1n) is 10.3. The van der Waals surface area contributed by atoms with Crippen LogP contribution in [0, 0.1) is 19.8 Å². The third kappa shape index (κ3) is 4.37. The molecule has 2 aromatic carbocycles. The number of phenolic OH excluding ortho intramolecular Hbond substituents is 2. The van der Waals surface area contributed by atoms with Gasteiger partial charge in [-0.1, -0.05) is 67.5 Å². The summed E-state index contributed by atoms with van der Waals surface area (Å²) in [6.45, 7) is 21.6. The van der Waals surface area contributed by atoms with Crippen molar-refractivity contribution >= 4 is 0 Å². The minimum Gasteiger partial charge on any atom is -0.508 e. The van der Waals surface area contributed by atoms with Crippen molar-refractivity contribution in [3.63, 3.8) is 0 Å². The summed E-state index contributed by atoms with van der Waals surface area (Å²) in [5.74, 6) is 1.26. The summed E-state index contributed by atoms with van der Waals surface area (Å²) in [7, 11) is 0. The van der Waals surface area contributed by atoms with Crippen LogP contribution in [0.3, 0.4) is 0 Å². The summed E-state index contributed by atoms with van der Waals surface area (Å²) >= 11 is 0. The van der Waals surface area contributed by atoms with E-state index in [2.05, 4.69) is 67.5 Å². The molecule has 0 bridgehead atoms. The Hall–Kier alpha value is -1.96. The van der Waals surface area contributed by atoms with Crippen molar-refractivity contribution in [3.8, 4) is 11.5 Å². The highest BCUT2D eigenvalue weighted by Gasteiger charge is 2.31. The Morgan fingerprint density at radius 3 is 1.21 bits per heavy atom. The van der Waals surface area contributed by atoms with Crippen LogP contribution in [0.2, 0.25) is 0 Å². The minimum atomic E-state index is -0.0818. The van der Waals surface area contributed by atoms with Gasteiger partial charge in [0.25, 0.3) is 0 Å². The van der Waals surface area contributed by atoms with Gasteiger partial charge in [-0.25, -0.2) is 0 Å². The summed E-state index contributed by atoms with van der Waals surface area (Å²) < 4.78 is 0. The SMILES string of the molecule is Cc1cc(C(c2cc(C)c(O)cc2C(C)(C)C)C(C)C)c(C(C)(C)C)cc1O. The molecule has 2 N–H and O–H groups in total. The molecular weight excluding hydrogens is 344 g/mol. The van der Waals surface area contributed by atoms with Crippen LogP contribution in [0.5, 0.6) is 11.5 Å². The fraction of sp³-hybridized carbons (Fsp3) is 0.538. The number of rotatable bonds is 3. The van der Waals surface area contributed by atoms with Gasteiger partial charge in [-0.05, 0) is 76.1 Å². The number of benzene rings is 2. The van der Waals surface area contributed by atoms with E-state index in [0.29, 0.717) is 17.4 Å². The predicted octanol–water partition coefficient (Wildman–Crippen LogP) is 7.10. The van der Waals surface area contributed by atoms with Crippen LogP contribution in [-0.2, 0) is 10.8 Å². The van der Waals surface area contributed by atoms with Crippen LogP contribution < -0.4 is 0 Å². The van der Waals surface area contributed by atoms with Gasteiger partial charge in [0.05, 0.1) is 0 Å². The second-order valence-electron chi connectivity index (χ2n) is 10.7. The van der Waals surface area contributed by atoms with Crippen molar-refractivity contribution in [2.45, 2.75) is 86.0 Å². The highest BCUT2D eigenvalue weighted by atomic mass is 16.3. The van der Waals surface area contributed by atoms with Gasteiger partial charge in [0, 0.05) is 5.92 Å². The van der Waals surface area contributed by atoms with Crippen LogP contribution in [0.15, 0.2) is 24.3 Å². The highest BCUT2D eigenvalue weighted by molar-refractivity contribution is 5.53. The monoisotopic (exact) mass is 382 g/mol. The maximum absolute atomic E-state index is 10.4. The van der Waals surface area contributed by atoms with Gasteiger partial charge >= 0.3 is 0 Å². The molecule has 2 rings (SSSR count). The molecule has 0 aromatic heterocycles. The summed E-state index contributed by atoms with van der Waals surface area (Å²) in [6, 6.07) is 8.22. The smallest absolute Gasteiger partial charge is 0.118 e. The van der Waals surface area contributed by atoms with Crippen LogP contribution >= 0.6 is 0 Å². The first-order chi connectivity index (χ1) is 12.6. The van der Waals surface area contributed by atoms with Crippen molar-refractivity contribution in [1.29, 1.82) is 0 Å². The average Bonchev–Trinajstić information content (AvgIpc) is 2.51. The summed E-state index contributed by atoms with van der Waals surface area (Å²) in [5, 5.41) is 20.8. The molecular formula is C26H38O2. The van der Waals surface area contributed by atoms with E-state index in [1.54, 1.807) is 0 Å². The molecule has 154 valence electrons. The van der Waals surface area contributed by atoms with E-state index in [4.69, 9.17) is 0 Å². The zero-order valence-corrected chi connectivity index (χ0v) is 19.4. The van der Waals surface area contributed by atoms with E-state index in [-0.39, 0.29) is 16.7 Å². The number of aryl methyl sites for hydroxylation is 2. The third-order valence-electron chi connectivity index (χ3n) is 5.69. The molecule has 2 aromatic rings. The number of phenols is 2. The molecule has 0 unspecified atom stereocenters. The van der Waals surface area contributed by atoms with E-state index < -0.39 is 0 Å². The quantitative estimate of drug-likeness (QED) is 0.594. The molecule has 0 amide bonds. The highest BCUT2D eigenvalue weighted by Crippen LogP contribution is 2.45. The Morgan fingerprint density at radius 1 is 0.643 bits per heavy atom. The van der Waals surface area contributed by atoms with E-state index >= 15 is 0 Å². The fourth-order valence-electron chi connectivity index (χ4n) is 4.14. The zero-order chi connectivity index (χ0) is 21.6. The van der Waals surface area contributed by atoms with Crippen LogP contribution in [0.4, 0.5) is 0 Å². The molecule has 2 heteroatoms. The van der Waals surface area contributed by atoms with E-state index in [9.17, 15) is 10.2 Å². The van der Waals surface area contributed by atoms with Crippen LogP contribution in [-0.4, -0.2) is 10.2 Å². The van der Waals surface area contributed by atoms with Gasteiger partial charge in [0.1, 0.15) is 11.5 Å². The number of aromatic hydroxyl groups is 2. The van der Waals surface area contributed by atoms with Crippen molar-refractivity contribution in [2.75, 3.05) is 0 Å². The molecule has 0 heterocycles. The normalized spacial score (nSPS) is 12.9. The van der Waals surface area contributed by atoms with Gasteiger partial charge in [-0.3, -0.25) is 0 Å². The largest absolute Gasteiger partial charge is 0.508 e. The Balaban J connectivity index is 2.91. The predicted molar refractivity (Wildman–Crippen MR) is 120 cm³/mol. The van der Waals surface area contributed by atoms with E-state index in [1.165, 1.54) is 22.3 Å². The molecule has 0 fully saturated rings. The van der Waals surface area contributed by atoms with Crippen molar-refractivity contribution in [1.82, 2.24) is 0 Å². The molecule has 28 heavy (non-hydrogen) atoms. The maximum atomic E-state index is 10.4. The average molecular weight is 383 g/mol. The second-order valence-corrected chi connectivity index (χ2v) is 10.7. The van der Waals surface area contributed by atoms with Gasteiger partial charge < -0.3 is 10.2 Å². The summed E-state index contributed by atoms with van der Waals surface area (Å²) in [6.07, 6.45) is 0. The van der Waals surface area contributed by atoms with Crippen molar-refractivity contribution < 1.29 is 10.2 Å². The standard InChI is InChI=1S/C26H38O2/c1-15(2)24(18-11-16(3)22(27)13-20(18)25(5,6)7)19-12-17(4)23(28)14-21(19)26(8,9)10/h11-15,24,27-28H,1-10H3. The lowest BCUT2D eigenvalue weighted by atomic mass is 9.70. The lowest BCUT2D eigenvalue weighted by Crippen LogP contribution is -2.23. The Kier molecular flexibility index (Phi) is 5.95. The first kappa shape index (κ1) is 22.3. The molecule has 2 nitrogen and oxygen atoms in total. The molecule has 0 aliphatic carbocycles. The molecule has 0 saturated carbocycles. The molecule has 0 radical (unpaired) electrons. The van der Waals surface area contributed by atoms with Crippen LogP contribution in [0.25, 0.3) is 0 Å². The van der Waals surface area contributed by atoms with Gasteiger partial charge in [0.2, 0.25) is 0 Å². The maximum Gasteiger partial charge on any atom is 0.118 e. The van der Waals surface area contributed by atoms with Gasteiger partial charge in [-0.15, -0.1) is 0 Å². The minimum absolute atomic E-state index is 0.0818. The number of hydrogen-bond donors (Lipinski definition) is 2. The molecule has 0 atom stereocenters.